The molecule has 3 heteroatoms. The number of para-hydroxylation sites is 1. The predicted octanol–water partition coefficient (Wildman–Crippen LogP) is 3.35. The lowest BCUT2D eigenvalue weighted by atomic mass is 10.1. The zero-order valence-electron chi connectivity index (χ0n) is 9.27. The van der Waals surface area contributed by atoms with Crippen LogP contribution in [0.25, 0.3) is 11.0 Å². The molecular formula is C13H12N2O. The highest BCUT2D eigenvalue weighted by Crippen LogP contribution is 2.32. The molecule has 0 amide bonds. The van der Waals surface area contributed by atoms with Gasteiger partial charge in [-0.05, 0) is 19.9 Å². The first-order valence-electron chi connectivity index (χ1n) is 5.28. The van der Waals surface area contributed by atoms with Crippen molar-refractivity contribution in [1.82, 2.24) is 0 Å². The highest BCUT2D eigenvalue weighted by Gasteiger charge is 2.19. The minimum atomic E-state index is -0.261. The lowest BCUT2D eigenvalue weighted by molar-refractivity contribution is 0.624. The van der Waals surface area contributed by atoms with Crippen LogP contribution in [0.3, 0.4) is 0 Å². The molecule has 1 aromatic heterocycles. The average Bonchev–Trinajstić information content (AvgIpc) is 2.54. The zero-order valence-corrected chi connectivity index (χ0v) is 9.27. The lowest BCUT2D eigenvalue weighted by Gasteiger charge is -2.10. The SMILES string of the molecule is CC1(C)C=Nc2oc3ccccc3c2C=N1. The molecule has 3 nitrogen and oxygen atoms in total. The summed E-state index contributed by atoms with van der Waals surface area (Å²) < 4.78 is 5.67. The van der Waals surface area contributed by atoms with Crippen LogP contribution >= 0.6 is 0 Å². The summed E-state index contributed by atoms with van der Waals surface area (Å²) >= 11 is 0. The van der Waals surface area contributed by atoms with E-state index >= 15 is 0 Å². The van der Waals surface area contributed by atoms with Crippen molar-refractivity contribution in [2.75, 3.05) is 0 Å². The first-order chi connectivity index (χ1) is 7.66. The number of benzene rings is 1. The van der Waals surface area contributed by atoms with Gasteiger partial charge in [0, 0.05) is 17.8 Å². The van der Waals surface area contributed by atoms with Crippen molar-refractivity contribution in [3.63, 3.8) is 0 Å². The fraction of sp³-hybridized carbons (Fsp3) is 0.231. The molecule has 3 rings (SSSR count). The van der Waals surface area contributed by atoms with Gasteiger partial charge in [0.05, 0.1) is 11.1 Å². The molecule has 0 atom stereocenters. The maximum atomic E-state index is 5.67. The molecule has 16 heavy (non-hydrogen) atoms. The van der Waals surface area contributed by atoms with E-state index in [1.165, 1.54) is 0 Å². The number of aliphatic imine (C=N–C) groups is 2. The fourth-order valence-electron chi connectivity index (χ4n) is 1.75. The standard InChI is InChI=1S/C13H12N2O/c1-13(2)8-14-12-10(7-15-13)9-5-3-4-6-11(9)16-12/h3-8H,1-2H3. The molecule has 2 heterocycles. The summed E-state index contributed by atoms with van der Waals surface area (Å²) in [6, 6.07) is 7.91. The number of rotatable bonds is 0. The van der Waals surface area contributed by atoms with Gasteiger partial charge in [-0.3, -0.25) is 4.99 Å². The molecule has 2 aromatic rings. The molecule has 0 N–H and O–H groups in total. The van der Waals surface area contributed by atoms with Gasteiger partial charge in [-0.2, -0.15) is 0 Å². The van der Waals surface area contributed by atoms with E-state index < -0.39 is 0 Å². The van der Waals surface area contributed by atoms with Crippen molar-refractivity contribution in [2.45, 2.75) is 19.4 Å². The van der Waals surface area contributed by atoms with E-state index in [0.717, 1.165) is 16.5 Å². The molecule has 0 saturated carbocycles. The molecule has 0 aliphatic carbocycles. The largest absolute Gasteiger partial charge is 0.438 e. The number of hydrogen-bond acceptors (Lipinski definition) is 3. The van der Waals surface area contributed by atoms with Gasteiger partial charge in [-0.15, -0.1) is 0 Å². The summed E-state index contributed by atoms with van der Waals surface area (Å²) in [5.74, 6) is 0.649. The van der Waals surface area contributed by atoms with Crippen LogP contribution in [0, 0.1) is 0 Å². The van der Waals surface area contributed by atoms with Crippen LogP contribution in [0.2, 0.25) is 0 Å². The molecule has 0 bridgehead atoms. The van der Waals surface area contributed by atoms with Crippen LogP contribution in [0.5, 0.6) is 0 Å². The Balaban J connectivity index is 2.30. The Morgan fingerprint density at radius 3 is 2.88 bits per heavy atom. The Kier molecular flexibility index (Phi) is 1.78. The zero-order chi connectivity index (χ0) is 11.2. The van der Waals surface area contributed by atoms with E-state index in [1.54, 1.807) is 0 Å². The smallest absolute Gasteiger partial charge is 0.228 e. The molecule has 80 valence electrons. The van der Waals surface area contributed by atoms with Crippen LogP contribution in [0.15, 0.2) is 38.7 Å². The summed E-state index contributed by atoms with van der Waals surface area (Å²) in [5.41, 5.74) is 1.57. The van der Waals surface area contributed by atoms with Crippen molar-refractivity contribution < 1.29 is 4.42 Å². The van der Waals surface area contributed by atoms with Crippen LogP contribution in [0.4, 0.5) is 5.88 Å². The normalized spacial score (nSPS) is 17.4. The molecule has 0 unspecified atom stereocenters. The van der Waals surface area contributed by atoms with Crippen LogP contribution < -0.4 is 0 Å². The molecular weight excluding hydrogens is 200 g/mol. The second kappa shape index (κ2) is 3.04. The minimum Gasteiger partial charge on any atom is -0.438 e. The summed E-state index contributed by atoms with van der Waals surface area (Å²) in [6.45, 7) is 4.03. The Bertz CT molecular complexity index is 605. The molecule has 0 radical (unpaired) electrons. The van der Waals surface area contributed by atoms with Gasteiger partial charge in [-0.1, -0.05) is 18.2 Å². The molecule has 1 aliphatic heterocycles. The monoisotopic (exact) mass is 212 g/mol. The highest BCUT2D eigenvalue weighted by atomic mass is 16.3. The predicted molar refractivity (Wildman–Crippen MR) is 66.0 cm³/mol. The van der Waals surface area contributed by atoms with E-state index in [-0.39, 0.29) is 5.54 Å². The van der Waals surface area contributed by atoms with Gasteiger partial charge in [0.25, 0.3) is 0 Å². The maximum absolute atomic E-state index is 5.67. The summed E-state index contributed by atoms with van der Waals surface area (Å²) in [5, 5.41) is 1.07. The molecule has 0 spiro atoms. The Morgan fingerprint density at radius 2 is 2.00 bits per heavy atom. The van der Waals surface area contributed by atoms with E-state index in [0.29, 0.717) is 5.88 Å². The second-order valence-electron chi connectivity index (χ2n) is 4.49. The van der Waals surface area contributed by atoms with Crippen molar-refractivity contribution in [1.29, 1.82) is 0 Å². The number of fused-ring (bicyclic) bond motifs is 3. The first-order valence-corrected chi connectivity index (χ1v) is 5.28. The highest BCUT2D eigenvalue weighted by molar-refractivity contribution is 6.04. The summed E-state index contributed by atoms with van der Waals surface area (Å²) in [7, 11) is 0. The first kappa shape index (κ1) is 9.33. The molecule has 1 aliphatic rings. The third kappa shape index (κ3) is 1.36. The molecule has 0 saturated heterocycles. The van der Waals surface area contributed by atoms with Crippen molar-refractivity contribution in [3.8, 4) is 0 Å². The van der Waals surface area contributed by atoms with E-state index in [9.17, 15) is 0 Å². The lowest BCUT2D eigenvalue weighted by Crippen LogP contribution is -2.17. The number of furan rings is 1. The van der Waals surface area contributed by atoms with Gasteiger partial charge in [-0.25, -0.2) is 4.99 Å². The quantitative estimate of drug-likeness (QED) is 0.659. The minimum absolute atomic E-state index is 0.261. The second-order valence-corrected chi connectivity index (χ2v) is 4.49. The Labute approximate surface area is 93.5 Å². The summed E-state index contributed by atoms with van der Waals surface area (Å²) in [4.78, 5) is 8.85. The Morgan fingerprint density at radius 1 is 1.19 bits per heavy atom. The van der Waals surface area contributed by atoms with Gasteiger partial charge >= 0.3 is 0 Å². The fourth-order valence-corrected chi connectivity index (χ4v) is 1.75. The van der Waals surface area contributed by atoms with Crippen LogP contribution in [0.1, 0.15) is 19.4 Å². The van der Waals surface area contributed by atoms with Gasteiger partial charge in [0.2, 0.25) is 5.88 Å². The van der Waals surface area contributed by atoms with E-state index in [2.05, 4.69) is 9.98 Å². The van der Waals surface area contributed by atoms with Gasteiger partial charge < -0.3 is 4.42 Å². The topological polar surface area (TPSA) is 37.9 Å². The third-order valence-electron chi connectivity index (χ3n) is 2.64. The van der Waals surface area contributed by atoms with Crippen LogP contribution in [-0.2, 0) is 0 Å². The van der Waals surface area contributed by atoms with Crippen molar-refractivity contribution >= 4 is 29.3 Å². The molecule has 0 fully saturated rings. The third-order valence-corrected chi connectivity index (χ3v) is 2.64. The van der Waals surface area contributed by atoms with E-state index in [4.69, 9.17) is 4.42 Å². The van der Waals surface area contributed by atoms with Crippen molar-refractivity contribution in [3.05, 3.63) is 29.8 Å². The van der Waals surface area contributed by atoms with Crippen LogP contribution in [-0.4, -0.2) is 18.0 Å². The van der Waals surface area contributed by atoms with Gasteiger partial charge in [0.1, 0.15) is 5.58 Å². The van der Waals surface area contributed by atoms with E-state index in [1.807, 2.05) is 50.5 Å². The molecule has 1 aromatic carbocycles. The maximum Gasteiger partial charge on any atom is 0.228 e. The van der Waals surface area contributed by atoms with Gasteiger partial charge in [0.15, 0.2) is 0 Å². The van der Waals surface area contributed by atoms with Crippen molar-refractivity contribution in [2.24, 2.45) is 9.98 Å². The summed E-state index contributed by atoms with van der Waals surface area (Å²) in [6.07, 6.45) is 3.67. The average molecular weight is 212 g/mol. The Hall–Kier alpha value is -1.90. The number of hydrogen-bond donors (Lipinski definition) is 0. The number of nitrogens with zero attached hydrogens (tertiary/aromatic N) is 2.